The first-order valence-electron chi connectivity index (χ1n) is 9.93. The van der Waals surface area contributed by atoms with Gasteiger partial charge in [-0.25, -0.2) is 27.5 Å². The molecule has 10 heteroatoms. The molecule has 0 atom stereocenters. The summed E-state index contributed by atoms with van der Waals surface area (Å²) in [6, 6.07) is 3.24. The van der Waals surface area contributed by atoms with Gasteiger partial charge in [0.15, 0.2) is 17.5 Å². The van der Waals surface area contributed by atoms with Gasteiger partial charge in [-0.15, -0.1) is 0 Å². The second kappa shape index (κ2) is 8.05. The zero-order chi connectivity index (χ0) is 22.5. The lowest BCUT2D eigenvalue weighted by Gasteiger charge is -2.19. The first kappa shape index (κ1) is 22.0. The lowest BCUT2D eigenvalue weighted by Crippen LogP contribution is -2.37. The molecule has 1 aromatic carbocycles. The van der Waals surface area contributed by atoms with Gasteiger partial charge in [0.25, 0.3) is 6.43 Å². The Morgan fingerprint density at radius 3 is 2.52 bits per heavy atom. The van der Waals surface area contributed by atoms with Crippen LogP contribution in [0, 0.1) is 18.6 Å². The van der Waals surface area contributed by atoms with Crippen molar-refractivity contribution in [3.8, 4) is 0 Å². The van der Waals surface area contributed by atoms with E-state index in [1.165, 1.54) is 13.0 Å². The van der Waals surface area contributed by atoms with Crippen LogP contribution >= 0.6 is 15.9 Å². The van der Waals surface area contributed by atoms with Crippen LogP contribution in [-0.2, 0) is 6.54 Å². The van der Waals surface area contributed by atoms with E-state index >= 15 is 0 Å². The molecule has 0 spiro atoms. The third kappa shape index (κ3) is 4.03. The number of anilines is 2. The minimum absolute atomic E-state index is 0.00725. The van der Waals surface area contributed by atoms with Crippen LogP contribution in [0.3, 0.4) is 0 Å². The first-order chi connectivity index (χ1) is 14.6. The zero-order valence-corrected chi connectivity index (χ0v) is 18.8. The fourth-order valence-corrected chi connectivity index (χ4v) is 3.95. The predicted octanol–water partition coefficient (Wildman–Crippen LogP) is 5.99. The summed E-state index contributed by atoms with van der Waals surface area (Å²) in [5.41, 5.74) is 0.419. The van der Waals surface area contributed by atoms with Gasteiger partial charge in [0, 0.05) is 12.6 Å². The Balaban J connectivity index is 1.72. The summed E-state index contributed by atoms with van der Waals surface area (Å²) in [6.45, 7) is 5.39. The molecule has 0 unspecified atom stereocenters. The zero-order valence-electron chi connectivity index (χ0n) is 17.2. The number of hydrogen-bond acceptors (Lipinski definition) is 4. The van der Waals surface area contributed by atoms with Gasteiger partial charge in [-0.1, -0.05) is 0 Å². The number of pyridine rings is 1. The molecule has 0 bridgehead atoms. The van der Waals surface area contributed by atoms with Gasteiger partial charge in [0.2, 0.25) is 0 Å². The van der Waals surface area contributed by atoms with Crippen molar-refractivity contribution >= 4 is 38.5 Å². The standard InChI is InChI=1S/C21H22BrF4N5/c1-10(2)31-9-27-14-7-15(22)30-19(18(14)31)29-13-6-12(11(3)16(23)17(13)24)8-28-21(4-5-21)20(25)26/h6-7,9-10,20,28H,4-5,8H2,1-3H3,(H,29,30). The van der Waals surface area contributed by atoms with Crippen molar-refractivity contribution in [2.45, 2.75) is 58.2 Å². The molecule has 1 aliphatic carbocycles. The van der Waals surface area contributed by atoms with Crippen molar-refractivity contribution in [2.24, 2.45) is 0 Å². The summed E-state index contributed by atoms with van der Waals surface area (Å²) in [6.07, 6.45) is -0.128. The lowest BCUT2D eigenvalue weighted by molar-refractivity contribution is 0.0847. The summed E-state index contributed by atoms with van der Waals surface area (Å²) in [5, 5.41) is 5.71. The Labute approximate surface area is 185 Å². The Hall–Kier alpha value is -2.20. The molecule has 3 aromatic rings. The number of rotatable bonds is 7. The molecule has 2 N–H and O–H groups in total. The number of aromatic nitrogens is 3. The van der Waals surface area contributed by atoms with Gasteiger partial charge in [-0.05, 0) is 72.8 Å². The maximum absolute atomic E-state index is 14.8. The molecule has 1 fully saturated rings. The smallest absolute Gasteiger partial charge is 0.256 e. The Kier molecular flexibility index (Phi) is 5.72. The molecular formula is C21H22BrF4N5. The molecule has 166 valence electrons. The minimum Gasteiger partial charge on any atom is -0.336 e. The number of hydrogen-bond donors (Lipinski definition) is 2. The van der Waals surface area contributed by atoms with Gasteiger partial charge in [0.05, 0.1) is 23.1 Å². The molecule has 1 aliphatic rings. The quantitative estimate of drug-likeness (QED) is 0.309. The van der Waals surface area contributed by atoms with E-state index in [-0.39, 0.29) is 23.8 Å². The average Bonchev–Trinajstić information content (AvgIpc) is 3.39. The monoisotopic (exact) mass is 499 g/mol. The van der Waals surface area contributed by atoms with Crippen molar-refractivity contribution in [3.63, 3.8) is 0 Å². The maximum Gasteiger partial charge on any atom is 0.256 e. The predicted molar refractivity (Wildman–Crippen MR) is 115 cm³/mol. The highest BCUT2D eigenvalue weighted by Crippen LogP contribution is 2.41. The molecular weight excluding hydrogens is 478 g/mol. The number of fused-ring (bicyclic) bond motifs is 1. The van der Waals surface area contributed by atoms with Crippen LogP contribution in [0.15, 0.2) is 23.1 Å². The van der Waals surface area contributed by atoms with Gasteiger partial charge in [-0.3, -0.25) is 0 Å². The summed E-state index contributed by atoms with van der Waals surface area (Å²) in [7, 11) is 0. The molecule has 1 saturated carbocycles. The molecule has 0 saturated heterocycles. The van der Waals surface area contributed by atoms with E-state index < -0.39 is 23.6 Å². The number of nitrogens with one attached hydrogen (secondary N) is 2. The first-order valence-corrected chi connectivity index (χ1v) is 10.7. The number of benzene rings is 1. The second-order valence-corrected chi connectivity index (χ2v) is 8.99. The van der Waals surface area contributed by atoms with Crippen molar-refractivity contribution in [1.82, 2.24) is 19.9 Å². The Bertz CT molecular complexity index is 1140. The van der Waals surface area contributed by atoms with Crippen molar-refractivity contribution < 1.29 is 17.6 Å². The molecule has 31 heavy (non-hydrogen) atoms. The second-order valence-electron chi connectivity index (χ2n) is 8.18. The molecule has 0 aliphatic heterocycles. The Morgan fingerprint density at radius 1 is 1.19 bits per heavy atom. The van der Waals surface area contributed by atoms with Crippen LogP contribution in [0.25, 0.3) is 11.0 Å². The highest BCUT2D eigenvalue weighted by Gasteiger charge is 2.50. The topological polar surface area (TPSA) is 54.8 Å². The van der Waals surface area contributed by atoms with Crippen LogP contribution in [0.4, 0.5) is 29.1 Å². The van der Waals surface area contributed by atoms with E-state index in [1.807, 2.05) is 18.4 Å². The van der Waals surface area contributed by atoms with Crippen LogP contribution in [0.1, 0.15) is 43.9 Å². The van der Waals surface area contributed by atoms with E-state index in [4.69, 9.17) is 0 Å². The highest BCUT2D eigenvalue weighted by molar-refractivity contribution is 9.10. The fraction of sp³-hybridized carbons (Fsp3) is 0.429. The molecule has 4 rings (SSSR count). The van der Waals surface area contributed by atoms with E-state index in [2.05, 4.69) is 36.5 Å². The highest BCUT2D eigenvalue weighted by atomic mass is 79.9. The van der Waals surface area contributed by atoms with Crippen LogP contribution in [0.5, 0.6) is 0 Å². The van der Waals surface area contributed by atoms with E-state index in [1.54, 1.807) is 12.4 Å². The molecule has 2 aromatic heterocycles. The Morgan fingerprint density at radius 2 is 1.90 bits per heavy atom. The number of imidazole rings is 1. The average molecular weight is 500 g/mol. The SMILES string of the molecule is Cc1c(CNC2(C(F)F)CC2)cc(Nc2nc(Br)cc3ncn(C(C)C)c23)c(F)c1F. The van der Waals surface area contributed by atoms with Crippen molar-refractivity contribution in [2.75, 3.05) is 5.32 Å². The molecule has 5 nitrogen and oxygen atoms in total. The van der Waals surface area contributed by atoms with E-state index in [0.29, 0.717) is 39.9 Å². The molecule has 0 amide bonds. The largest absolute Gasteiger partial charge is 0.336 e. The summed E-state index contributed by atoms with van der Waals surface area (Å²) in [5.74, 6) is -1.77. The van der Waals surface area contributed by atoms with Gasteiger partial charge < -0.3 is 15.2 Å². The molecule has 2 heterocycles. The fourth-order valence-electron chi connectivity index (χ4n) is 3.56. The number of nitrogens with zero attached hydrogens (tertiary/aromatic N) is 3. The summed E-state index contributed by atoms with van der Waals surface area (Å²) < 4.78 is 58.2. The van der Waals surface area contributed by atoms with Crippen LogP contribution < -0.4 is 10.6 Å². The normalized spacial score (nSPS) is 15.3. The van der Waals surface area contributed by atoms with Gasteiger partial charge >= 0.3 is 0 Å². The summed E-state index contributed by atoms with van der Waals surface area (Å²) in [4.78, 5) is 8.75. The lowest BCUT2D eigenvalue weighted by atomic mass is 10.1. The van der Waals surface area contributed by atoms with Crippen LogP contribution in [-0.4, -0.2) is 26.5 Å². The molecule has 0 radical (unpaired) electrons. The van der Waals surface area contributed by atoms with Crippen molar-refractivity contribution in [3.05, 3.63) is 45.8 Å². The van der Waals surface area contributed by atoms with Gasteiger partial charge in [0.1, 0.15) is 10.1 Å². The van der Waals surface area contributed by atoms with E-state index in [9.17, 15) is 17.6 Å². The third-order valence-corrected chi connectivity index (χ3v) is 6.13. The van der Waals surface area contributed by atoms with Crippen LogP contribution in [0.2, 0.25) is 0 Å². The van der Waals surface area contributed by atoms with Crippen molar-refractivity contribution in [1.29, 1.82) is 0 Å². The summed E-state index contributed by atoms with van der Waals surface area (Å²) >= 11 is 3.32. The number of alkyl halides is 2. The minimum atomic E-state index is -2.51. The maximum atomic E-state index is 14.8. The van der Waals surface area contributed by atoms with Gasteiger partial charge in [-0.2, -0.15) is 0 Å². The van der Waals surface area contributed by atoms with E-state index in [0.717, 1.165) is 0 Å². The number of halogens is 5. The third-order valence-electron chi connectivity index (χ3n) is 5.73.